The van der Waals surface area contributed by atoms with Gasteiger partial charge in [0.05, 0.1) is 11.5 Å². The number of hydrogen-bond acceptors (Lipinski definition) is 5. The first kappa shape index (κ1) is 14.6. The monoisotopic (exact) mass is 280 g/mol. The van der Waals surface area contributed by atoms with E-state index in [1.807, 2.05) is 6.92 Å². The zero-order chi connectivity index (χ0) is 14.4. The average molecular weight is 280 g/mol. The molecule has 1 fully saturated rings. The summed E-state index contributed by atoms with van der Waals surface area (Å²) in [5, 5.41) is 14.6. The number of nitrogens with zero attached hydrogens (tertiary/aromatic N) is 1. The van der Waals surface area contributed by atoms with E-state index in [4.69, 9.17) is 9.47 Å². The number of anilines is 1. The van der Waals surface area contributed by atoms with Gasteiger partial charge in [0.25, 0.3) is 0 Å². The van der Waals surface area contributed by atoms with Crippen LogP contribution in [-0.4, -0.2) is 30.8 Å². The second kappa shape index (κ2) is 7.09. The van der Waals surface area contributed by atoms with Gasteiger partial charge in [-0.1, -0.05) is 13.0 Å². The maximum atomic E-state index is 11.3. The highest BCUT2D eigenvalue weighted by atomic mass is 16.6. The van der Waals surface area contributed by atoms with E-state index >= 15 is 0 Å². The van der Waals surface area contributed by atoms with Crippen LogP contribution in [-0.2, 0) is 4.74 Å². The van der Waals surface area contributed by atoms with E-state index in [1.165, 1.54) is 0 Å². The zero-order valence-electron chi connectivity index (χ0n) is 11.6. The summed E-state index contributed by atoms with van der Waals surface area (Å²) in [5.74, 6) is 0.328. The first-order valence-electron chi connectivity index (χ1n) is 6.97. The number of hydrogen-bond donors (Lipinski definition) is 1. The summed E-state index contributed by atoms with van der Waals surface area (Å²) in [5.41, 5.74) is 0.544. The Labute approximate surface area is 118 Å². The average Bonchev–Trinajstić information content (AvgIpc) is 2.46. The molecule has 1 N–H and O–H groups in total. The van der Waals surface area contributed by atoms with Crippen molar-refractivity contribution in [1.29, 1.82) is 0 Å². The molecule has 110 valence electrons. The van der Waals surface area contributed by atoms with E-state index in [1.54, 1.807) is 18.2 Å². The van der Waals surface area contributed by atoms with E-state index in [2.05, 4.69) is 5.32 Å². The Morgan fingerprint density at radius 1 is 1.45 bits per heavy atom. The molecule has 1 aliphatic rings. The molecule has 1 aliphatic heterocycles. The topological polar surface area (TPSA) is 73.6 Å². The molecule has 0 amide bonds. The number of benzene rings is 1. The summed E-state index contributed by atoms with van der Waals surface area (Å²) >= 11 is 0. The smallest absolute Gasteiger partial charge is 0.333 e. The van der Waals surface area contributed by atoms with Crippen molar-refractivity contribution >= 4 is 11.4 Å². The second-order valence-electron chi connectivity index (χ2n) is 4.79. The Morgan fingerprint density at radius 3 is 2.85 bits per heavy atom. The molecule has 0 bridgehead atoms. The molecule has 0 aliphatic carbocycles. The molecular weight excluding hydrogens is 260 g/mol. The van der Waals surface area contributed by atoms with Gasteiger partial charge in [0.15, 0.2) is 5.75 Å². The van der Waals surface area contributed by atoms with Crippen molar-refractivity contribution < 1.29 is 14.4 Å². The fraction of sp³-hybridized carbons (Fsp3) is 0.571. The van der Waals surface area contributed by atoms with E-state index in [9.17, 15) is 10.1 Å². The lowest BCUT2D eigenvalue weighted by Gasteiger charge is -2.24. The molecule has 1 saturated heterocycles. The lowest BCUT2D eigenvalue weighted by Crippen LogP contribution is -2.28. The van der Waals surface area contributed by atoms with Gasteiger partial charge >= 0.3 is 5.69 Å². The molecule has 0 aromatic heterocycles. The molecule has 6 heteroatoms. The quantitative estimate of drug-likeness (QED) is 0.640. The van der Waals surface area contributed by atoms with Gasteiger partial charge in [0.2, 0.25) is 0 Å². The van der Waals surface area contributed by atoms with Crippen molar-refractivity contribution in [2.75, 3.05) is 25.1 Å². The Balaban J connectivity index is 2.19. The molecule has 0 saturated carbocycles. The van der Waals surface area contributed by atoms with Crippen molar-refractivity contribution in [3.8, 4) is 5.75 Å². The first-order valence-corrected chi connectivity index (χ1v) is 6.97. The van der Waals surface area contributed by atoms with Crippen LogP contribution in [0.3, 0.4) is 0 Å². The van der Waals surface area contributed by atoms with Crippen LogP contribution in [0.2, 0.25) is 0 Å². The minimum atomic E-state index is -0.382. The summed E-state index contributed by atoms with van der Waals surface area (Å²) in [6.07, 6.45) is 2.53. The summed E-state index contributed by atoms with van der Waals surface area (Å²) in [6.45, 7) is 3.83. The number of rotatable bonds is 6. The molecule has 1 heterocycles. The van der Waals surface area contributed by atoms with E-state index in [0.29, 0.717) is 31.3 Å². The summed E-state index contributed by atoms with van der Waals surface area (Å²) in [7, 11) is 0. The lowest BCUT2D eigenvalue weighted by molar-refractivity contribution is -0.385. The highest BCUT2D eigenvalue weighted by Crippen LogP contribution is 2.35. The van der Waals surface area contributed by atoms with Crippen LogP contribution < -0.4 is 10.1 Å². The second-order valence-corrected chi connectivity index (χ2v) is 4.79. The van der Waals surface area contributed by atoms with Crippen LogP contribution >= 0.6 is 0 Å². The SMILES string of the molecule is CCCOc1cccc(NC2CCOCC2)c1[N+](=O)[O-]. The van der Waals surface area contributed by atoms with Crippen LogP contribution in [0.5, 0.6) is 5.75 Å². The van der Waals surface area contributed by atoms with Crippen LogP contribution in [0.1, 0.15) is 26.2 Å². The van der Waals surface area contributed by atoms with Crippen LogP contribution in [0.4, 0.5) is 11.4 Å². The van der Waals surface area contributed by atoms with Crippen molar-refractivity contribution in [1.82, 2.24) is 0 Å². The third-order valence-electron chi connectivity index (χ3n) is 3.22. The maximum absolute atomic E-state index is 11.3. The van der Waals surface area contributed by atoms with E-state index < -0.39 is 0 Å². The minimum Gasteiger partial charge on any atom is -0.487 e. The summed E-state index contributed by atoms with van der Waals surface area (Å²) in [4.78, 5) is 10.9. The van der Waals surface area contributed by atoms with Crippen molar-refractivity contribution in [3.63, 3.8) is 0 Å². The molecule has 0 atom stereocenters. The van der Waals surface area contributed by atoms with Gasteiger partial charge < -0.3 is 14.8 Å². The Kier molecular flexibility index (Phi) is 5.17. The molecule has 20 heavy (non-hydrogen) atoms. The molecule has 6 nitrogen and oxygen atoms in total. The lowest BCUT2D eigenvalue weighted by atomic mass is 10.1. The molecule has 1 aromatic carbocycles. The molecule has 1 aromatic rings. The maximum Gasteiger partial charge on any atom is 0.333 e. The van der Waals surface area contributed by atoms with Crippen LogP contribution in [0.25, 0.3) is 0 Å². The predicted octanol–water partition coefficient (Wildman–Crippen LogP) is 2.97. The van der Waals surface area contributed by atoms with Gasteiger partial charge in [0, 0.05) is 19.3 Å². The highest BCUT2D eigenvalue weighted by molar-refractivity contribution is 5.68. The van der Waals surface area contributed by atoms with Crippen molar-refractivity contribution in [2.24, 2.45) is 0 Å². The number of ether oxygens (including phenoxy) is 2. The third-order valence-corrected chi connectivity index (χ3v) is 3.22. The van der Waals surface area contributed by atoms with E-state index in [-0.39, 0.29) is 16.7 Å². The minimum absolute atomic E-state index is 0.0208. The number of nitro groups is 1. The molecule has 2 rings (SSSR count). The summed E-state index contributed by atoms with van der Waals surface area (Å²) < 4.78 is 10.8. The van der Waals surface area contributed by atoms with Gasteiger partial charge in [-0.2, -0.15) is 0 Å². The van der Waals surface area contributed by atoms with E-state index in [0.717, 1.165) is 19.3 Å². The van der Waals surface area contributed by atoms with Crippen molar-refractivity contribution in [2.45, 2.75) is 32.2 Å². The first-order chi connectivity index (χ1) is 9.72. The Morgan fingerprint density at radius 2 is 2.20 bits per heavy atom. The van der Waals surface area contributed by atoms with Gasteiger partial charge in [0.1, 0.15) is 5.69 Å². The van der Waals surface area contributed by atoms with Crippen LogP contribution in [0, 0.1) is 10.1 Å². The number of nitrogens with one attached hydrogen (secondary N) is 1. The predicted molar refractivity (Wildman–Crippen MR) is 76.3 cm³/mol. The number of para-hydroxylation sites is 1. The fourth-order valence-electron chi connectivity index (χ4n) is 2.22. The fourth-order valence-corrected chi connectivity index (χ4v) is 2.22. The molecular formula is C14H20N2O4. The standard InChI is InChI=1S/C14H20N2O4/c1-2-8-20-13-5-3-4-12(14(13)16(17)18)15-11-6-9-19-10-7-11/h3-5,11,15H,2,6-10H2,1H3. The van der Waals surface area contributed by atoms with Gasteiger partial charge in [-0.05, 0) is 31.4 Å². The third kappa shape index (κ3) is 3.60. The molecule has 0 spiro atoms. The molecule has 0 unspecified atom stereocenters. The molecule has 0 radical (unpaired) electrons. The van der Waals surface area contributed by atoms with Crippen molar-refractivity contribution in [3.05, 3.63) is 28.3 Å². The Bertz CT molecular complexity index is 458. The normalized spacial score (nSPS) is 15.8. The number of nitro benzene ring substituents is 1. The Hall–Kier alpha value is -1.82. The van der Waals surface area contributed by atoms with Gasteiger partial charge in [-0.3, -0.25) is 10.1 Å². The van der Waals surface area contributed by atoms with Gasteiger partial charge in [-0.25, -0.2) is 0 Å². The highest BCUT2D eigenvalue weighted by Gasteiger charge is 2.23. The summed E-state index contributed by atoms with van der Waals surface area (Å²) in [6, 6.07) is 5.36. The van der Waals surface area contributed by atoms with Crippen LogP contribution in [0.15, 0.2) is 18.2 Å². The zero-order valence-corrected chi connectivity index (χ0v) is 11.6. The van der Waals surface area contributed by atoms with Gasteiger partial charge in [-0.15, -0.1) is 0 Å². The largest absolute Gasteiger partial charge is 0.487 e.